The summed E-state index contributed by atoms with van der Waals surface area (Å²) in [5.41, 5.74) is -1.94. The van der Waals surface area contributed by atoms with E-state index in [9.17, 15) is 10.2 Å². The molecule has 2 heteroatoms. The fraction of sp³-hybridized carbons (Fsp3) is 0.818. The van der Waals surface area contributed by atoms with E-state index in [-0.39, 0.29) is 0 Å². The zero-order valence-electron chi connectivity index (χ0n) is 9.02. The highest BCUT2D eigenvalue weighted by atomic mass is 16.3. The first-order valence-electron chi connectivity index (χ1n) is 4.82. The Labute approximate surface area is 81.0 Å². The van der Waals surface area contributed by atoms with Crippen LogP contribution in [0, 0.1) is 11.8 Å². The van der Waals surface area contributed by atoms with Gasteiger partial charge >= 0.3 is 0 Å². The second kappa shape index (κ2) is 4.64. The van der Waals surface area contributed by atoms with Crippen molar-refractivity contribution in [2.24, 2.45) is 0 Å². The molecule has 0 aromatic heterocycles. The van der Waals surface area contributed by atoms with Gasteiger partial charge in [0.05, 0.1) is 0 Å². The third-order valence-electron chi connectivity index (χ3n) is 2.03. The minimum Gasteiger partial charge on any atom is -0.378 e. The normalized spacial score (nSPS) is 19.5. The van der Waals surface area contributed by atoms with Gasteiger partial charge < -0.3 is 10.2 Å². The molecule has 0 aliphatic rings. The molecule has 2 unspecified atom stereocenters. The molecule has 13 heavy (non-hydrogen) atoms. The topological polar surface area (TPSA) is 40.5 Å². The highest BCUT2D eigenvalue weighted by molar-refractivity contribution is 5.18. The van der Waals surface area contributed by atoms with Gasteiger partial charge in [-0.1, -0.05) is 32.1 Å². The van der Waals surface area contributed by atoms with Crippen LogP contribution < -0.4 is 0 Å². The lowest BCUT2D eigenvalue weighted by atomic mass is 9.98. The molecule has 0 saturated carbocycles. The SMILES string of the molecule is CCCC(C)(O)C#CC(C)(O)CC. The Balaban J connectivity index is 4.38. The van der Waals surface area contributed by atoms with Gasteiger partial charge in [-0.3, -0.25) is 0 Å². The molecule has 0 saturated heterocycles. The van der Waals surface area contributed by atoms with Crippen LogP contribution >= 0.6 is 0 Å². The molecule has 0 amide bonds. The van der Waals surface area contributed by atoms with Gasteiger partial charge in [0, 0.05) is 0 Å². The predicted octanol–water partition coefficient (Wildman–Crippen LogP) is 1.70. The fourth-order valence-electron chi connectivity index (χ4n) is 0.907. The molecule has 76 valence electrons. The van der Waals surface area contributed by atoms with Crippen molar-refractivity contribution in [3.8, 4) is 11.8 Å². The minimum absolute atomic E-state index is 0.572. The van der Waals surface area contributed by atoms with Crippen LogP contribution in [0.5, 0.6) is 0 Å². The average molecular weight is 184 g/mol. The maximum absolute atomic E-state index is 9.69. The van der Waals surface area contributed by atoms with Crippen LogP contribution in [0.2, 0.25) is 0 Å². The molecule has 2 atom stereocenters. The molecule has 2 N–H and O–H groups in total. The molecule has 0 bridgehead atoms. The van der Waals surface area contributed by atoms with Crippen molar-refractivity contribution in [2.75, 3.05) is 0 Å². The maximum atomic E-state index is 9.69. The van der Waals surface area contributed by atoms with Crippen LogP contribution in [0.4, 0.5) is 0 Å². The number of hydrogen-bond donors (Lipinski definition) is 2. The second-order valence-corrected chi connectivity index (χ2v) is 3.90. The van der Waals surface area contributed by atoms with E-state index in [0.717, 1.165) is 6.42 Å². The third kappa shape index (κ3) is 5.68. The van der Waals surface area contributed by atoms with Crippen LogP contribution in [-0.4, -0.2) is 21.4 Å². The first kappa shape index (κ1) is 12.5. The maximum Gasteiger partial charge on any atom is 0.122 e. The lowest BCUT2D eigenvalue weighted by molar-refractivity contribution is 0.102. The van der Waals surface area contributed by atoms with Gasteiger partial charge in [-0.25, -0.2) is 0 Å². The molecular weight excluding hydrogens is 164 g/mol. The largest absolute Gasteiger partial charge is 0.378 e. The Morgan fingerprint density at radius 2 is 1.46 bits per heavy atom. The fourth-order valence-corrected chi connectivity index (χ4v) is 0.907. The van der Waals surface area contributed by atoms with Gasteiger partial charge in [-0.05, 0) is 26.7 Å². The first-order valence-corrected chi connectivity index (χ1v) is 4.82. The van der Waals surface area contributed by atoms with Crippen LogP contribution in [0.1, 0.15) is 47.0 Å². The molecular formula is C11H20O2. The quantitative estimate of drug-likeness (QED) is 0.655. The van der Waals surface area contributed by atoms with Crippen molar-refractivity contribution in [1.82, 2.24) is 0 Å². The summed E-state index contributed by atoms with van der Waals surface area (Å²) >= 11 is 0. The Kier molecular flexibility index (Phi) is 4.46. The van der Waals surface area contributed by atoms with Crippen molar-refractivity contribution in [3.05, 3.63) is 0 Å². The lowest BCUT2D eigenvalue weighted by Crippen LogP contribution is -2.25. The van der Waals surface area contributed by atoms with E-state index in [2.05, 4.69) is 11.8 Å². The number of rotatable bonds is 3. The summed E-state index contributed by atoms with van der Waals surface area (Å²) in [7, 11) is 0. The summed E-state index contributed by atoms with van der Waals surface area (Å²) in [5.74, 6) is 5.40. The van der Waals surface area contributed by atoms with E-state index in [1.807, 2.05) is 13.8 Å². The number of aliphatic hydroxyl groups is 2. The molecule has 0 radical (unpaired) electrons. The minimum atomic E-state index is -0.974. The highest BCUT2D eigenvalue weighted by Crippen LogP contribution is 2.12. The Morgan fingerprint density at radius 3 is 1.85 bits per heavy atom. The molecule has 0 aromatic rings. The Hall–Kier alpha value is -0.520. The van der Waals surface area contributed by atoms with Gasteiger partial charge in [0.15, 0.2) is 0 Å². The first-order chi connectivity index (χ1) is 5.83. The summed E-state index contributed by atoms with van der Waals surface area (Å²) in [6.07, 6.45) is 2.10. The Bertz CT molecular complexity index is 206. The molecule has 0 rings (SSSR count). The van der Waals surface area contributed by atoms with Gasteiger partial charge in [0.25, 0.3) is 0 Å². The smallest absolute Gasteiger partial charge is 0.122 e. The van der Waals surface area contributed by atoms with Crippen LogP contribution in [-0.2, 0) is 0 Å². The molecule has 0 fully saturated rings. The molecule has 0 aliphatic heterocycles. The van der Waals surface area contributed by atoms with E-state index in [1.54, 1.807) is 13.8 Å². The predicted molar refractivity (Wildman–Crippen MR) is 54.2 cm³/mol. The van der Waals surface area contributed by atoms with Crippen LogP contribution in [0.15, 0.2) is 0 Å². The molecule has 0 heterocycles. The van der Waals surface area contributed by atoms with Crippen molar-refractivity contribution in [1.29, 1.82) is 0 Å². The summed E-state index contributed by atoms with van der Waals surface area (Å²) in [6.45, 7) is 7.19. The van der Waals surface area contributed by atoms with Crippen LogP contribution in [0.25, 0.3) is 0 Å². The summed E-state index contributed by atoms with van der Waals surface area (Å²) in [5, 5.41) is 19.3. The summed E-state index contributed by atoms with van der Waals surface area (Å²) < 4.78 is 0. The Morgan fingerprint density at radius 1 is 1.00 bits per heavy atom. The van der Waals surface area contributed by atoms with E-state index in [0.29, 0.717) is 12.8 Å². The van der Waals surface area contributed by atoms with Crippen molar-refractivity contribution in [3.63, 3.8) is 0 Å². The zero-order valence-corrected chi connectivity index (χ0v) is 9.02. The number of hydrogen-bond acceptors (Lipinski definition) is 2. The van der Waals surface area contributed by atoms with E-state index in [4.69, 9.17) is 0 Å². The zero-order chi connectivity index (χ0) is 10.5. The molecule has 0 aromatic carbocycles. The second-order valence-electron chi connectivity index (χ2n) is 3.90. The van der Waals surface area contributed by atoms with Crippen molar-refractivity contribution in [2.45, 2.75) is 58.2 Å². The monoisotopic (exact) mass is 184 g/mol. The van der Waals surface area contributed by atoms with Crippen molar-refractivity contribution >= 4 is 0 Å². The van der Waals surface area contributed by atoms with E-state index >= 15 is 0 Å². The van der Waals surface area contributed by atoms with Crippen molar-refractivity contribution < 1.29 is 10.2 Å². The van der Waals surface area contributed by atoms with Gasteiger partial charge in [0.2, 0.25) is 0 Å². The molecule has 0 spiro atoms. The molecule has 0 aliphatic carbocycles. The van der Waals surface area contributed by atoms with E-state index in [1.165, 1.54) is 0 Å². The summed E-state index contributed by atoms with van der Waals surface area (Å²) in [4.78, 5) is 0. The van der Waals surface area contributed by atoms with Gasteiger partial charge in [-0.15, -0.1) is 0 Å². The lowest BCUT2D eigenvalue weighted by Gasteiger charge is -2.17. The van der Waals surface area contributed by atoms with Gasteiger partial charge in [0.1, 0.15) is 11.2 Å². The van der Waals surface area contributed by atoms with E-state index < -0.39 is 11.2 Å². The average Bonchev–Trinajstić information content (AvgIpc) is 2.02. The van der Waals surface area contributed by atoms with Crippen LogP contribution in [0.3, 0.4) is 0 Å². The third-order valence-corrected chi connectivity index (χ3v) is 2.03. The standard InChI is InChI=1S/C11H20O2/c1-5-7-11(4,13)9-8-10(3,12)6-2/h12-13H,5-7H2,1-4H3. The van der Waals surface area contributed by atoms with Gasteiger partial charge in [-0.2, -0.15) is 0 Å². The highest BCUT2D eigenvalue weighted by Gasteiger charge is 2.18. The molecule has 2 nitrogen and oxygen atoms in total. The summed E-state index contributed by atoms with van der Waals surface area (Å²) in [6, 6.07) is 0.